The van der Waals surface area contributed by atoms with Crippen molar-refractivity contribution in [3.05, 3.63) is 51.8 Å². The van der Waals surface area contributed by atoms with Gasteiger partial charge in [0.05, 0.1) is 24.4 Å². The van der Waals surface area contributed by atoms with Crippen LogP contribution in [0.5, 0.6) is 11.8 Å². The van der Waals surface area contributed by atoms with E-state index in [2.05, 4.69) is 15.3 Å². The Bertz CT molecular complexity index is 865. The molecule has 148 valence electrons. The van der Waals surface area contributed by atoms with E-state index in [-0.39, 0.29) is 23.7 Å². The first-order chi connectivity index (χ1) is 13.5. The molecule has 0 spiro atoms. The van der Waals surface area contributed by atoms with Crippen molar-refractivity contribution in [3.63, 3.8) is 0 Å². The second-order valence-electron chi connectivity index (χ2n) is 6.72. The highest BCUT2D eigenvalue weighted by molar-refractivity contribution is 5.95. The lowest BCUT2D eigenvalue weighted by atomic mass is 9.92. The number of amides is 1. The standard InChI is InChI=1S/C19H22N4O5/c1-12-3-4-13(9-16(12)23(25)26)19(24)21-14-5-7-15(8-6-14)28-18-11-20-10-17(22-18)27-2/h3-4,9-11,14-15H,5-8H2,1-2H3,(H,21,24). The van der Waals surface area contributed by atoms with Gasteiger partial charge in [-0.15, -0.1) is 0 Å². The van der Waals surface area contributed by atoms with E-state index in [1.165, 1.54) is 19.4 Å². The third-order valence-electron chi connectivity index (χ3n) is 4.76. The fourth-order valence-electron chi connectivity index (χ4n) is 3.20. The van der Waals surface area contributed by atoms with Gasteiger partial charge in [0, 0.05) is 23.2 Å². The molecule has 1 fully saturated rings. The second-order valence-corrected chi connectivity index (χ2v) is 6.72. The smallest absolute Gasteiger partial charge is 0.273 e. The molecule has 1 aromatic carbocycles. The summed E-state index contributed by atoms with van der Waals surface area (Å²) in [6, 6.07) is 4.52. The van der Waals surface area contributed by atoms with Crippen LogP contribution in [0.25, 0.3) is 0 Å². The summed E-state index contributed by atoms with van der Waals surface area (Å²) < 4.78 is 10.9. The number of methoxy groups -OCH3 is 1. The fraction of sp³-hybridized carbons (Fsp3) is 0.421. The molecule has 9 nitrogen and oxygen atoms in total. The largest absolute Gasteiger partial charge is 0.480 e. The lowest BCUT2D eigenvalue weighted by molar-refractivity contribution is -0.385. The Morgan fingerprint density at radius 3 is 2.61 bits per heavy atom. The van der Waals surface area contributed by atoms with Crippen molar-refractivity contribution >= 4 is 11.6 Å². The molecule has 1 N–H and O–H groups in total. The summed E-state index contributed by atoms with van der Waals surface area (Å²) in [6.07, 6.45) is 6.07. The summed E-state index contributed by atoms with van der Waals surface area (Å²) in [5, 5.41) is 14.0. The normalized spacial score (nSPS) is 18.9. The van der Waals surface area contributed by atoms with Crippen molar-refractivity contribution in [1.82, 2.24) is 15.3 Å². The molecular weight excluding hydrogens is 364 g/mol. The molecule has 0 radical (unpaired) electrons. The Hall–Kier alpha value is -3.23. The Labute approximate surface area is 162 Å². The molecule has 28 heavy (non-hydrogen) atoms. The lowest BCUT2D eigenvalue weighted by Gasteiger charge is -2.29. The van der Waals surface area contributed by atoms with Crippen molar-refractivity contribution in [1.29, 1.82) is 0 Å². The molecule has 1 amide bonds. The number of nitrogens with zero attached hydrogens (tertiary/aromatic N) is 3. The first-order valence-electron chi connectivity index (χ1n) is 9.05. The molecule has 1 aliphatic carbocycles. The van der Waals surface area contributed by atoms with Gasteiger partial charge in [-0.05, 0) is 38.7 Å². The van der Waals surface area contributed by atoms with Gasteiger partial charge in [0.2, 0.25) is 11.8 Å². The molecule has 1 aromatic heterocycles. The highest BCUT2D eigenvalue weighted by atomic mass is 16.6. The molecule has 9 heteroatoms. The number of carbonyl (C=O) groups excluding carboxylic acids is 1. The first-order valence-corrected chi connectivity index (χ1v) is 9.05. The zero-order valence-corrected chi connectivity index (χ0v) is 15.8. The number of rotatable bonds is 6. The third kappa shape index (κ3) is 4.73. The van der Waals surface area contributed by atoms with Crippen molar-refractivity contribution in [2.45, 2.75) is 44.8 Å². The van der Waals surface area contributed by atoms with E-state index in [9.17, 15) is 14.9 Å². The Morgan fingerprint density at radius 1 is 1.21 bits per heavy atom. The van der Waals surface area contributed by atoms with Gasteiger partial charge in [-0.25, -0.2) is 0 Å². The molecule has 3 rings (SSSR count). The maximum Gasteiger partial charge on any atom is 0.273 e. The van der Waals surface area contributed by atoms with Gasteiger partial charge in [0.1, 0.15) is 6.10 Å². The van der Waals surface area contributed by atoms with E-state index in [0.29, 0.717) is 22.9 Å². The quantitative estimate of drug-likeness (QED) is 0.599. The van der Waals surface area contributed by atoms with Crippen LogP contribution in [0.3, 0.4) is 0 Å². The Kier molecular flexibility index (Phi) is 6.03. The summed E-state index contributed by atoms with van der Waals surface area (Å²) in [6.45, 7) is 1.65. The number of ether oxygens (including phenoxy) is 2. The maximum atomic E-state index is 12.4. The van der Waals surface area contributed by atoms with Gasteiger partial charge in [-0.2, -0.15) is 4.98 Å². The third-order valence-corrected chi connectivity index (χ3v) is 4.76. The Balaban J connectivity index is 1.53. The van der Waals surface area contributed by atoms with Crippen LogP contribution in [0.4, 0.5) is 5.69 Å². The van der Waals surface area contributed by atoms with E-state index in [4.69, 9.17) is 9.47 Å². The zero-order valence-electron chi connectivity index (χ0n) is 15.8. The topological polar surface area (TPSA) is 116 Å². The molecule has 0 atom stereocenters. The second kappa shape index (κ2) is 8.64. The van der Waals surface area contributed by atoms with Crippen LogP contribution in [-0.2, 0) is 0 Å². The predicted octanol–water partition coefficient (Wildman–Crippen LogP) is 2.82. The molecule has 1 aliphatic rings. The van der Waals surface area contributed by atoms with Crippen molar-refractivity contribution in [2.24, 2.45) is 0 Å². The predicted molar refractivity (Wildman–Crippen MR) is 101 cm³/mol. The molecule has 0 saturated heterocycles. The number of hydrogen-bond donors (Lipinski definition) is 1. The number of benzene rings is 1. The summed E-state index contributed by atoms with van der Waals surface area (Å²) in [4.78, 5) is 31.2. The van der Waals surface area contributed by atoms with Crippen LogP contribution < -0.4 is 14.8 Å². The Morgan fingerprint density at radius 2 is 1.93 bits per heavy atom. The van der Waals surface area contributed by atoms with Crippen molar-refractivity contribution < 1.29 is 19.2 Å². The van der Waals surface area contributed by atoms with Crippen molar-refractivity contribution in [2.75, 3.05) is 7.11 Å². The highest BCUT2D eigenvalue weighted by Crippen LogP contribution is 2.24. The number of aromatic nitrogens is 2. The molecule has 0 bridgehead atoms. The first kappa shape index (κ1) is 19.5. The number of aryl methyl sites for hydroxylation is 1. The minimum Gasteiger partial charge on any atom is -0.480 e. The van der Waals surface area contributed by atoms with Gasteiger partial charge < -0.3 is 14.8 Å². The van der Waals surface area contributed by atoms with Gasteiger partial charge in [-0.1, -0.05) is 6.07 Å². The van der Waals surface area contributed by atoms with Crippen LogP contribution in [0, 0.1) is 17.0 Å². The number of nitro benzene ring substituents is 1. The molecule has 2 aromatic rings. The minimum atomic E-state index is -0.476. The number of carbonyl (C=O) groups is 1. The van der Waals surface area contributed by atoms with Gasteiger partial charge >= 0.3 is 0 Å². The molecular formula is C19H22N4O5. The van der Waals surface area contributed by atoms with Crippen LogP contribution in [0.15, 0.2) is 30.6 Å². The van der Waals surface area contributed by atoms with Crippen molar-refractivity contribution in [3.8, 4) is 11.8 Å². The average Bonchev–Trinajstić information content (AvgIpc) is 2.69. The van der Waals surface area contributed by atoms with E-state index >= 15 is 0 Å². The molecule has 0 aliphatic heterocycles. The van der Waals surface area contributed by atoms with Crippen LogP contribution in [0.1, 0.15) is 41.6 Å². The monoisotopic (exact) mass is 386 g/mol. The SMILES string of the molecule is COc1cncc(OC2CCC(NC(=O)c3ccc(C)c([N+](=O)[O-])c3)CC2)n1. The van der Waals surface area contributed by atoms with Gasteiger partial charge in [0.25, 0.3) is 11.6 Å². The molecule has 0 unspecified atom stereocenters. The van der Waals surface area contributed by atoms with Gasteiger partial charge in [-0.3, -0.25) is 19.9 Å². The van der Waals surface area contributed by atoms with Crippen LogP contribution >= 0.6 is 0 Å². The van der Waals surface area contributed by atoms with E-state index < -0.39 is 4.92 Å². The summed E-state index contributed by atoms with van der Waals surface area (Å²) in [5.74, 6) is 0.510. The lowest BCUT2D eigenvalue weighted by Crippen LogP contribution is -2.39. The minimum absolute atomic E-state index is 0.00380. The molecule has 1 heterocycles. The highest BCUT2D eigenvalue weighted by Gasteiger charge is 2.25. The van der Waals surface area contributed by atoms with E-state index in [0.717, 1.165) is 25.7 Å². The summed E-state index contributed by atoms with van der Waals surface area (Å²) in [5.41, 5.74) is 0.770. The fourth-order valence-corrected chi connectivity index (χ4v) is 3.20. The van der Waals surface area contributed by atoms with E-state index in [1.54, 1.807) is 25.3 Å². The van der Waals surface area contributed by atoms with Crippen LogP contribution in [0.2, 0.25) is 0 Å². The van der Waals surface area contributed by atoms with Crippen LogP contribution in [-0.4, -0.2) is 40.1 Å². The summed E-state index contributed by atoms with van der Waals surface area (Å²) in [7, 11) is 1.52. The number of hydrogen-bond acceptors (Lipinski definition) is 7. The number of nitro groups is 1. The maximum absolute atomic E-state index is 12.4. The summed E-state index contributed by atoms with van der Waals surface area (Å²) >= 11 is 0. The average molecular weight is 386 g/mol. The van der Waals surface area contributed by atoms with Gasteiger partial charge in [0.15, 0.2) is 0 Å². The zero-order chi connectivity index (χ0) is 20.1. The number of nitrogens with one attached hydrogen (secondary N) is 1. The van der Waals surface area contributed by atoms with E-state index in [1.807, 2.05) is 0 Å². The molecule has 1 saturated carbocycles.